The number of anilines is 1. The van der Waals surface area contributed by atoms with Gasteiger partial charge in [-0.25, -0.2) is 4.79 Å². The first-order chi connectivity index (χ1) is 8.63. The number of nitrogens with zero attached hydrogens (tertiary/aromatic N) is 2. The van der Waals surface area contributed by atoms with E-state index in [2.05, 4.69) is 6.07 Å². The largest absolute Gasteiger partial charge is 0.480 e. The van der Waals surface area contributed by atoms with Gasteiger partial charge in [-0.15, -0.1) is 0 Å². The molecule has 18 heavy (non-hydrogen) atoms. The van der Waals surface area contributed by atoms with Crippen LogP contribution >= 0.6 is 11.8 Å². The van der Waals surface area contributed by atoms with Gasteiger partial charge in [0.2, 0.25) is 0 Å². The van der Waals surface area contributed by atoms with Gasteiger partial charge >= 0.3 is 5.97 Å². The van der Waals surface area contributed by atoms with E-state index in [0.29, 0.717) is 17.9 Å². The second-order valence-electron chi connectivity index (χ2n) is 4.25. The molecule has 1 atom stereocenters. The third-order valence-corrected chi connectivity index (χ3v) is 4.02. The number of hydrogen-bond acceptors (Lipinski definition) is 4. The third-order valence-electron chi connectivity index (χ3n) is 3.00. The van der Waals surface area contributed by atoms with Gasteiger partial charge in [-0.05, 0) is 24.6 Å². The second kappa shape index (κ2) is 5.32. The number of hydrogen-bond donors (Lipinski definition) is 1. The van der Waals surface area contributed by atoms with Gasteiger partial charge in [0.05, 0.1) is 11.3 Å². The van der Waals surface area contributed by atoms with Crippen molar-refractivity contribution in [3.05, 3.63) is 29.3 Å². The summed E-state index contributed by atoms with van der Waals surface area (Å²) in [5, 5.41) is 18.4. The van der Waals surface area contributed by atoms with Crippen molar-refractivity contribution in [2.75, 3.05) is 23.0 Å². The number of carbonyl (C=O) groups is 1. The van der Waals surface area contributed by atoms with Crippen molar-refractivity contribution in [2.45, 2.75) is 13.0 Å². The lowest BCUT2D eigenvalue weighted by molar-refractivity contribution is -0.138. The number of aliphatic carboxylic acids is 1. The highest BCUT2D eigenvalue weighted by atomic mass is 32.2. The molecule has 0 aliphatic carbocycles. The highest BCUT2D eigenvalue weighted by Gasteiger charge is 2.30. The van der Waals surface area contributed by atoms with Gasteiger partial charge in [-0.3, -0.25) is 0 Å². The van der Waals surface area contributed by atoms with Gasteiger partial charge in [0, 0.05) is 18.1 Å². The Morgan fingerprint density at radius 2 is 2.39 bits per heavy atom. The van der Waals surface area contributed by atoms with Crippen molar-refractivity contribution in [2.24, 2.45) is 0 Å². The molecule has 0 aromatic heterocycles. The highest BCUT2D eigenvalue weighted by Crippen LogP contribution is 2.27. The summed E-state index contributed by atoms with van der Waals surface area (Å²) < 4.78 is 0. The molecule has 0 saturated carbocycles. The van der Waals surface area contributed by atoms with E-state index in [0.717, 1.165) is 17.0 Å². The molecule has 94 valence electrons. The molecular weight excluding hydrogens is 248 g/mol. The average Bonchev–Trinajstić information content (AvgIpc) is 2.38. The second-order valence-corrected chi connectivity index (χ2v) is 5.40. The van der Waals surface area contributed by atoms with Gasteiger partial charge in [0.1, 0.15) is 12.1 Å². The van der Waals surface area contributed by atoms with Crippen LogP contribution in [-0.4, -0.2) is 35.2 Å². The molecule has 5 heteroatoms. The molecule has 1 aliphatic heterocycles. The smallest absolute Gasteiger partial charge is 0.327 e. The van der Waals surface area contributed by atoms with E-state index >= 15 is 0 Å². The Hall–Kier alpha value is -1.67. The van der Waals surface area contributed by atoms with Crippen molar-refractivity contribution in [1.82, 2.24) is 0 Å². The summed E-state index contributed by atoms with van der Waals surface area (Å²) in [7, 11) is 0. The predicted molar refractivity (Wildman–Crippen MR) is 72.0 cm³/mol. The molecule has 1 aliphatic rings. The Bertz CT molecular complexity index is 510. The summed E-state index contributed by atoms with van der Waals surface area (Å²) in [5.74, 6) is 0.628. The van der Waals surface area contributed by atoms with Crippen molar-refractivity contribution in [1.29, 1.82) is 5.26 Å². The zero-order chi connectivity index (χ0) is 13.1. The Morgan fingerprint density at radius 3 is 3.06 bits per heavy atom. The van der Waals surface area contributed by atoms with E-state index in [9.17, 15) is 9.90 Å². The molecule has 1 saturated heterocycles. The topological polar surface area (TPSA) is 64.3 Å². The Balaban J connectivity index is 2.40. The number of aryl methyl sites for hydroxylation is 1. The molecule has 2 rings (SSSR count). The van der Waals surface area contributed by atoms with E-state index < -0.39 is 12.0 Å². The number of carboxylic acid groups (broad SMARTS) is 1. The van der Waals surface area contributed by atoms with Crippen LogP contribution < -0.4 is 4.90 Å². The molecule has 1 unspecified atom stereocenters. The van der Waals surface area contributed by atoms with Crippen LogP contribution in [0.25, 0.3) is 0 Å². The van der Waals surface area contributed by atoms with Crippen LogP contribution in [0, 0.1) is 18.3 Å². The summed E-state index contributed by atoms with van der Waals surface area (Å²) in [6, 6.07) is 7.17. The zero-order valence-electron chi connectivity index (χ0n) is 10.1. The van der Waals surface area contributed by atoms with Crippen molar-refractivity contribution >= 4 is 23.4 Å². The molecule has 1 heterocycles. The van der Waals surface area contributed by atoms with Crippen molar-refractivity contribution in [3.63, 3.8) is 0 Å². The van der Waals surface area contributed by atoms with Crippen LogP contribution in [-0.2, 0) is 4.79 Å². The molecule has 1 N–H and O–H groups in total. The van der Waals surface area contributed by atoms with Crippen LogP contribution in [0.15, 0.2) is 18.2 Å². The minimum Gasteiger partial charge on any atom is -0.480 e. The van der Waals surface area contributed by atoms with E-state index in [1.165, 1.54) is 0 Å². The maximum absolute atomic E-state index is 11.3. The summed E-state index contributed by atoms with van der Waals surface area (Å²) in [4.78, 5) is 13.1. The minimum absolute atomic E-state index is 0.543. The fourth-order valence-corrected chi connectivity index (χ4v) is 3.12. The number of carboxylic acids is 1. The van der Waals surface area contributed by atoms with Gasteiger partial charge < -0.3 is 10.0 Å². The monoisotopic (exact) mass is 262 g/mol. The lowest BCUT2D eigenvalue weighted by Gasteiger charge is -2.35. The van der Waals surface area contributed by atoms with Crippen LogP contribution in [0.1, 0.15) is 11.1 Å². The van der Waals surface area contributed by atoms with Crippen LogP contribution in [0.3, 0.4) is 0 Å². The van der Waals surface area contributed by atoms with E-state index in [-0.39, 0.29) is 0 Å². The summed E-state index contributed by atoms with van der Waals surface area (Å²) >= 11 is 1.64. The number of rotatable bonds is 2. The van der Waals surface area contributed by atoms with Gasteiger partial charge in [-0.1, -0.05) is 6.07 Å². The molecule has 1 aromatic carbocycles. The molecule has 1 aromatic rings. The lowest BCUT2D eigenvalue weighted by Crippen LogP contribution is -2.47. The first-order valence-electron chi connectivity index (χ1n) is 5.71. The standard InChI is InChI=1S/C13H14N2O2S/c1-9-2-3-11(10(6-9)7-14)15-4-5-18-8-12(15)13(16)17/h2-3,6,12H,4-5,8H2,1H3,(H,16,17). The first kappa shape index (κ1) is 12.8. The predicted octanol–water partition coefficient (Wildman–Crippen LogP) is 1.87. The fraction of sp³-hybridized carbons (Fsp3) is 0.385. The molecule has 4 nitrogen and oxygen atoms in total. The highest BCUT2D eigenvalue weighted by molar-refractivity contribution is 7.99. The molecule has 1 fully saturated rings. The van der Waals surface area contributed by atoms with Crippen LogP contribution in [0.5, 0.6) is 0 Å². The molecule has 0 spiro atoms. The number of thioether (sulfide) groups is 1. The quantitative estimate of drug-likeness (QED) is 0.881. The Morgan fingerprint density at radius 1 is 1.61 bits per heavy atom. The van der Waals surface area contributed by atoms with Crippen molar-refractivity contribution in [3.8, 4) is 6.07 Å². The van der Waals surface area contributed by atoms with Gasteiger partial charge in [0.25, 0.3) is 0 Å². The SMILES string of the molecule is Cc1ccc(N2CCSCC2C(=O)O)c(C#N)c1. The fourth-order valence-electron chi connectivity index (χ4n) is 2.09. The van der Waals surface area contributed by atoms with Crippen LogP contribution in [0.4, 0.5) is 5.69 Å². The van der Waals surface area contributed by atoms with E-state index in [1.54, 1.807) is 17.8 Å². The van der Waals surface area contributed by atoms with Crippen molar-refractivity contribution < 1.29 is 9.90 Å². The molecular formula is C13H14N2O2S. The zero-order valence-corrected chi connectivity index (χ0v) is 10.9. The normalized spacial score (nSPS) is 19.3. The van der Waals surface area contributed by atoms with Gasteiger partial charge in [-0.2, -0.15) is 17.0 Å². The number of nitriles is 1. The van der Waals surface area contributed by atoms with E-state index in [1.807, 2.05) is 24.0 Å². The summed E-state index contributed by atoms with van der Waals surface area (Å²) in [6.07, 6.45) is 0. The minimum atomic E-state index is -0.827. The maximum atomic E-state index is 11.3. The van der Waals surface area contributed by atoms with Crippen LogP contribution in [0.2, 0.25) is 0 Å². The third kappa shape index (κ3) is 2.44. The number of benzene rings is 1. The first-order valence-corrected chi connectivity index (χ1v) is 6.87. The van der Waals surface area contributed by atoms with Gasteiger partial charge in [0.15, 0.2) is 0 Å². The Labute approximate surface area is 110 Å². The molecule has 0 bridgehead atoms. The maximum Gasteiger partial charge on any atom is 0.327 e. The van der Waals surface area contributed by atoms with E-state index in [4.69, 9.17) is 5.26 Å². The summed E-state index contributed by atoms with van der Waals surface area (Å²) in [6.45, 7) is 2.59. The Kier molecular flexibility index (Phi) is 3.78. The molecule has 0 radical (unpaired) electrons. The average molecular weight is 262 g/mol. The molecule has 0 amide bonds. The lowest BCUT2D eigenvalue weighted by atomic mass is 10.1. The summed E-state index contributed by atoms with van der Waals surface area (Å²) in [5.41, 5.74) is 2.29.